The Morgan fingerprint density at radius 1 is 1.25 bits per heavy atom. The van der Waals surface area contributed by atoms with Crippen molar-refractivity contribution < 1.29 is 13.5 Å². The highest BCUT2D eigenvalue weighted by atomic mass is 19.1. The molecule has 0 bridgehead atoms. The van der Waals surface area contributed by atoms with Crippen LogP contribution in [0.4, 0.5) is 8.78 Å². The first-order chi connectivity index (χ1) is 7.72. The van der Waals surface area contributed by atoms with Gasteiger partial charge >= 0.3 is 0 Å². The van der Waals surface area contributed by atoms with Crippen LogP contribution in [0, 0.1) is 17.6 Å². The number of ether oxygens (including phenoxy) is 1. The molecule has 0 amide bonds. The van der Waals surface area contributed by atoms with Gasteiger partial charge in [0.2, 0.25) is 0 Å². The van der Waals surface area contributed by atoms with Gasteiger partial charge < -0.3 is 10.1 Å². The molecule has 0 aliphatic carbocycles. The van der Waals surface area contributed by atoms with E-state index in [9.17, 15) is 8.78 Å². The zero-order valence-electron chi connectivity index (χ0n) is 8.80. The van der Waals surface area contributed by atoms with Crippen LogP contribution in [0.15, 0.2) is 18.2 Å². The molecule has 0 unspecified atom stereocenters. The summed E-state index contributed by atoms with van der Waals surface area (Å²) in [5.74, 6) is -0.343. The van der Waals surface area contributed by atoms with Gasteiger partial charge in [0.05, 0.1) is 18.6 Å². The molecule has 0 spiro atoms. The molecule has 1 N–H and O–H groups in total. The van der Waals surface area contributed by atoms with Crippen molar-refractivity contribution in [3.8, 4) is 0 Å². The summed E-state index contributed by atoms with van der Waals surface area (Å²) in [5.41, 5.74) is 0.169. The number of benzene rings is 1. The molecule has 0 saturated carbocycles. The standard InChI is InChI=1S/C12H13F2NO/c13-9-1-2-11(14)10(3-9)12(6-16-7-12)8-4-15-5-8/h1-3,8,15H,4-7H2. The van der Waals surface area contributed by atoms with Gasteiger partial charge in [0, 0.05) is 18.7 Å². The maximum atomic E-state index is 13.8. The van der Waals surface area contributed by atoms with E-state index in [1.54, 1.807) is 0 Å². The fourth-order valence-corrected chi connectivity index (χ4v) is 2.49. The maximum Gasteiger partial charge on any atom is 0.127 e. The fraction of sp³-hybridized carbons (Fsp3) is 0.500. The number of rotatable bonds is 2. The molecule has 86 valence electrons. The SMILES string of the molecule is Fc1ccc(F)c(C2(C3CNC3)COC2)c1. The van der Waals surface area contributed by atoms with Crippen LogP contribution in [0.5, 0.6) is 0 Å². The van der Waals surface area contributed by atoms with Crippen molar-refractivity contribution >= 4 is 0 Å². The van der Waals surface area contributed by atoms with Crippen LogP contribution in [0.25, 0.3) is 0 Å². The van der Waals surface area contributed by atoms with Crippen LogP contribution in [0.2, 0.25) is 0 Å². The van der Waals surface area contributed by atoms with Gasteiger partial charge in [-0.2, -0.15) is 0 Å². The summed E-state index contributed by atoms with van der Waals surface area (Å²) in [6, 6.07) is 3.68. The molecule has 16 heavy (non-hydrogen) atoms. The van der Waals surface area contributed by atoms with E-state index in [0.29, 0.717) is 24.7 Å². The second-order valence-corrected chi connectivity index (χ2v) is 4.63. The van der Waals surface area contributed by atoms with E-state index >= 15 is 0 Å². The van der Waals surface area contributed by atoms with Gasteiger partial charge in [0.15, 0.2) is 0 Å². The molecule has 1 aromatic carbocycles. The second-order valence-electron chi connectivity index (χ2n) is 4.63. The highest BCUT2D eigenvalue weighted by molar-refractivity contribution is 5.32. The summed E-state index contributed by atoms with van der Waals surface area (Å²) in [4.78, 5) is 0. The van der Waals surface area contributed by atoms with Gasteiger partial charge in [-0.1, -0.05) is 0 Å². The molecular formula is C12H13F2NO. The van der Waals surface area contributed by atoms with Crippen LogP contribution in [0.3, 0.4) is 0 Å². The van der Waals surface area contributed by atoms with Crippen molar-refractivity contribution in [2.45, 2.75) is 5.41 Å². The summed E-state index contributed by atoms with van der Waals surface area (Å²) in [7, 11) is 0. The van der Waals surface area contributed by atoms with Gasteiger partial charge in [-0.3, -0.25) is 0 Å². The van der Waals surface area contributed by atoms with Crippen LogP contribution in [-0.4, -0.2) is 26.3 Å². The zero-order valence-corrected chi connectivity index (χ0v) is 8.80. The Morgan fingerprint density at radius 3 is 2.50 bits per heavy atom. The monoisotopic (exact) mass is 225 g/mol. The largest absolute Gasteiger partial charge is 0.379 e. The summed E-state index contributed by atoms with van der Waals surface area (Å²) >= 11 is 0. The molecule has 1 aromatic rings. The molecule has 0 atom stereocenters. The van der Waals surface area contributed by atoms with Crippen LogP contribution < -0.4 is 5.32 Å². The topological polar surface area (TPSA) is 21.3 Å². The van der Waals surface area contributed by atoms with E-state index in [2.05, 4.69) is 5.32 Å². The molecule has 0 aromatic heterocycles. The average molecular weight is 225 g/mol. The van der Waals surface area contributed by atoms with Gasteiger partial charge in [-0.25, -0.2) is 8.78 Å². The maximum absolute atomic E-state index is 13.8. The van der Waals surface area contributed by atoms with Crippen LogP contribution in [0.1, 0.15) is 5.56 Å². The molecule has 2 nitrogen and oxygen atoms in total. The van der Waals surface area contributed by atoms with Crippen LogP contribution in [-0.2, 0) is 10.2 Å². The molecule has 3 rings (SSSR count). The van der Waals surface area contributed by atoms with E-state index in [4.69, 9.17) is 4.74 Å². The number of nitrogens with one attached hydrogen (secondary N) is 1. The highest BCUT2D eigenvalue weighted by Gasteiger charge is 2.50. The minimum absolute atomic E-state index is 0.308. The molecule has 0 radical (unpaired) electrons. The van der Waals surface area contributed by atoms with Crippen molar-refractivity contribution in [2.24, 2.45) is 5.92 Å². The van der Waals surface area contributed by atoms with E-state index in [1.807, 2.05) is 0 Å². The number of hydrogen-bond acceptors (Lipinski definition) is 2. The van der Waals surface area contributed by atoms with E-state index < -0.39 is 0 Å². The normalized spacial score (nSPS) is 23.6. The molecular weight excluding hydrogens is 212 g/mol. The summed E-state index contributed by atoms with van der Waals surface area (Å²) in [5, 5.41) is 3.17. The Morgan fingerprint density at radius 2 is 2.00 bits per heavy atom. The van der Waals surface area contributed by atoms with Crippen LogP contribution >= 0.6 is 0 Å². The third kappa shape index (κ3) is 1.30. The molecule has 4 heteroatoms. The predicted octanol–water partition coefficient (Wildman–Crippen LogP) is 1.45. The summed E-state index contributed by atoms with van der Waals surface area (Å²) < 4.78 is 32.2. The molecule has 2 aliphatic heterocycles. The lowest BCUT2D eigenvalue weighted by Gasteiger charge is -2.51. The van der Waals surface area contributed by atoms with Crippen molar-refractivity contribution in [3.05, 3.63) is 35.4 Å². The summed E-state index contributed by atoms with van der Waals surface area (Å²) in [6.45, 7) is 2.72. The van der Waals surface area contributed by atoms with Gasteiger partial charge in [0.1, 0.15) is 11.6 Å². The fourth-order valence-electron chi connectivity index (χ4n) is 2.49. The smallest absolute Gasteiger partial charge is 0.127 e. The first kappa shape index (κ1) is 10.2. The van der Waals surface area contributed by atoms with Crippen molar-refractivity contribution in [1.29, 1.82) is 0 Å². The lowest BCUT2D eigenvalue weighted by Crippen LogP contribution is -2.63. The number of hydrogen-bond donors (Lipinski definition) is 1. The minimum atomic E-state index is -0.380. The molecule has 2 heterocycles. The summed E-state index contributed by atoms with van der Waals surface area (Å²) in [6.07, 6.45) is 0. The molecule has 2 fully saturated rings. The van der Waals surface area contributed by atoms with Crippen molar-refractivity contribution in [2.75, 3.05) is 26.3 Å². The van der Waals surface area contributed by atoms with Gasteiger partial charge in [-0.15, -0.1) is 0 Å². The predicted molar refractivity (Wildman–Crippen MR) is 55.2 cm³/mol. The van der Waals surface area contributed by atoms with Gasteiger partial charge in [-0.05, 0) is 24.1 Å². The van der Waals surface area contributed by atoms with Crippen molar-refractivity contribution in [1.82, 2.24) is 5.32 Å². The van der Waals surface area contributed by atoms with Crippen molar-refractivity contribution in [3.63, 3.8) is 0 Å². The van der Waals surface area contributed by atoms with E-state index in [1.165, 1.54) is 12.1 Å². The Hall–Kier alpha value is -1.00. The Bertz CT molecular complexity index is 413. The first-order valence-electron chi connectivity index (χ1n) is 5.46. The van der Waals surface area contributed by atoms with E-state index in [0.717, 1.165) is 19.2 Å². The minimum Gasteiger partial charge on any atom is -0.379 e. The third-order valence-electron chi connectivity index (χ3n) is 3.75. The lowest BCUT2D eigenvalue weighted by molar-refractivity contribution is -0.103. The quantitative estimate of drug-likeness (QED) is 0.822. The Kier molecular flexibility index (Phi) is 2.23. The highest BCUT2D eigenvalue weighted by Crippen LogP contribution is 2.42. The number of halogens is 2. The first-order valence-corrected chi connectivity index (χ1v) is 5.46. The Balaban J connectivity index is 2.02. The van der Waals surface area contributed by atoms with E-state index in [-0.39, 0.29) is 17.0 Å². The average Bonchev–Trinajstić information content (AvgIpc) is 2.12. The lowest BCUT2D eigenvalue weighted by atomic mass is 9.66. The van der Waals surface area contributed by atoms with Gasteiger partial charge in [0.25, 0.3) is 0 Å². The third-order valence-corrected chi connectivity index (χ3v) is 3.75. The second kappa shape index (κ2) is 3.50. The molecule has 2 aliphatic rings. The molecule has 2 saturated heterocycles. The zero-order chi connectivity index (χ0) is 11.2. The Labute approximate surface area is 92.6 Å².